The first kappa shape index (κ1) is 14.5. The molecule has 0 unspecified atom stereocenters. The summed E-state index contributed by atoms with van der Waals surface area (Å²) in [5.41, 5.74) is 9.18. The first-order valence-electron chi connectivity index (χ1n) is 7.23. The molecule has 3 rings (SSSR count). The van der Waals surface area contributed by atoms with E-state index in [9.17, 15) is 0 Å². The van der Waals surface area contributed by atoms with E-state index in [4.69, 9.17) is 10.7 Å². The Morgan fingerprint density at radius 1 is 1.19 bits per heavy atom. The molecule has 2 aromatic rings. The Morgan fingerprint density at radius 3 is 2.52 bits per heavy atom. The summed E-state index contributed by atoms with van der Waals surface area (Å²) in [7, 11) is 0. The van der Waals surface area contributed by atoms with Crippen LogP contribution in [0.4, 0.5) is 5.95 Å². The van der Waals surface area contributed by atoms with Crippen LogP contribution in [0.25, 0.3) is 11.3 Å². The van der Waals surface area contributed by atoms with Crippen molar-refractivity contribution in [2.75, 3.05) is 18.0 Å². The number of aryl methyl sites for hydroxylation is 1. The Kier molecular flexibility index (Phi) is 4.22. The van der Waals surface area contributed by atoms with Crippen LogP contribution >= 0.6 is 15.9 Å². The normalized spacial score (nSPS) is 16.2. The zero-order valence-electron chi connectivity index (χ0n) is 12.1. The third-order valence-electron chi connectivity index (χ3n) is 3.90. The molecule has 2 N–H and O–H groups in total. The van der Waals surface area contributed by atoms with E-state index >= 15 is 0 Å². The number of aromatic nitrogens is 2. The summed E-state index contributed by atoms with van der Waals surface area (Å²) in [4.78, 5) is 11.5. The molecule has 1 aliphatic rings. The molecule has 0 amide bonds. The molecule has 1 aliphatic heterocycles. The Bertz CT molecular complexity index is 619. The fourth-order valence-electron chi connectivity index (χ4n) is 2.58. The minimum absolute atomic E-state index is 0.317. The van der Waals surface area contributed by atoms with Gasteiger partial charge in [0.2, 0.25) is 5.95 Å². The van der Waals surface area contributed by atoms with Crippen molar-refractivity contribution >= 4 is 21.9 Å². The fraction of sp³-hybridized carbons (Fsp3) is 0.375. The van der Waals surface area contributed by atoms with Crippen molar-refractivity contribution in [1.29, 1.82) is 0 Å². The zero-order chi connectivity index (χ0) is 14.8. The molecule has 5 heteroatoms. The van der Waals surface area contributed by atoms with Gasteiger partial charge in [0.05, 0.1) is 5.69 Å². The van der Waals surface area contributed by atoms with Gasteiger partial charge in [-0.05, 0) is 37.5 Å². The van der Waals surface area contributed by atoms with Crippen LogP contribution in [0, 0.1) is 6.92 Å². The Labute approximate surface area is 133 Å². The summed E-state index contributed by atoms with van der Waals surface area (Å²) in [6.45, 7) is 3.92. The minimum Gasteiger partial charge on any atom is -0.341 e. The van der Waals surface area contributed by atoms with E-state index in [0.29, 0.717) is 6.04 Å². The number of hydrogen-bond acceptors (Lipinski definition) is 4. The SMILES string of the molecule is Cc1cnc(N2CCC(N)CC2)nc1-c1ccc(Br)cc1. The molecule has 0 spiro atoms. The van der Waals surface area contributed by atoms with E-state index in [-0.39, 0.29) is 0 Å². The number of nitrogens with two attached hydrogens (primary N) is 1. The quantitative estimate of drug-likeness (QED) is 0.907. The van der Waals surface area contributed by atoms with Gasteiger partial charge in [-0.2, -0.15) is 0 Å². The number of rotatable bonds is 2. The lowest BCUT2D eigenvalue weighted by atomic mass is 10.1. The lowest BCUT2D eigenvalue weighted by Crippen LogP contribution is -2.40. The van der Waals surface area contributed by atoms with E-state index in [1.54, 1.807) is 0 Å². The fourth-order valence-corrected chi connectivity index (χ4v) is 2.85. The molecular weight excluding hydrogens is 328 g/mol. The van der Waals surface area contributed by atoms with Gasteiger partial charge in [-0.1, -0.05) is 28.1 Å². The number of halogens is 1. The maximum Gasteiger partial charge on any atom is 0.225 e. The molecule has 0 aliphatic carbocycles. The molecule has 4 nitrogen and oxygen atoms in total. The van der Waals surface area contributed by atoms with Crippen LogP contribution in [0.15, 0.2) is 34.9 Å². The molecule has 0 atom stereocenters. The van der Waals surface area contributed by atoms with E-state index in [2.05, 4.69) is 37.9 Å². The largest absolute Gasteiger partial charge is 0.341 e. The van der Waals surface area contributed by atoms with Crippen LogP contribution in [-0.2, 0) is 0 Å². The van der Waals surface area contributed by atoms with Crippen LogP contribution in [0.5, 0.6) is 0 Å². The van der Waals surface area contributed by atoms with Crippen LogP contribution in [0.3, 0.4) is 0 Å². The lowest BCUT2D eigenvalue weighted by Gasteiger charge is -2.30. The van der Waals surface area contributed by atoms with Gasteiger partial charge < -0.3 is 10.6 Å². The molecule has 0 radical (unpaired) electrons. The molecular formula is C16H19BrN4. The van der Waals surface area contributed by atoms with E-state index < -0.39 is 0 Å². The summed E-state index contributed by atoms with van der Waals surface area (Å²) < 4.78 is 1.07. The average Bonchev–Trinajstić information content (AvgIpc) is 2.50. The number of hydrogen-bond donors (Lipinski definition) is 1. The molecule has 1 saturated heterocycles. The van der Waals surface area contributed by atoms with Gasteiger partial charge >= 0.3 is 0 Å². The van der Waals surface area contributed by atoms with Crippen molar-refractivity contribution < 1.29 is 0 Å². The van der Waals surface area contributed by atoms with Crippen molar-refractivity contribution in [1.82, 2.24) is 9.97 Å². The summed E-state index contributed by atoms with van der Waals surface area (Å²) in [5.74, 6) is 0.811. The molecule has 110 valence electrons. The molecule has 21 heavy (non-hydrogen) atoms. The Morgan fingerprint density at radius 2 is 1.86 bits per heavy atom. The van der Waals surface area contributed by atoms with Crippen LogP contribution in [-0.4, -0.2) is 29.1 Å². The maximum atomic E-state index is 5.96. The molecule has 1 aromatic heterocycles. The minimum atomic E-state index is 0.317. The topological polar surface area (TPSA) is 55.0 Å². The second-order valence-corrected chi connectivity index (χ2v) is 6.45. The summed E-state index contributed by atoms with van der Waals surface area (Å²) in [6, 6.07) is 8.55. The summed E-state index contributed by atoms with van der Waals surface area (Å²) >= 11 is 3.47. The average molecular weight is 347 g/mol. The third kappa shape index (κ3) is 3.24. The van der Waals surface area contributed by atoms with Gasteiger partial charge in [-0.3, -0.25) is 0 Å². The number of anilines is 1. The molecule has 1 aromatic carbocycles. The predicted molar refractivity (Wildman–Crippen MR) is 89.3 cm³/mol. The second-order valence-electron chi connectivity index (χ2n) is 5.53. The third-order valence-corrected chi connectivity index (χ3v) is 4.43. The Balaban J connectivity index is 1.91. The first-order chi connectivity index (χ1) is 10.1. The molecule has 2 heterocycles. The highest BCUT2D eigenvalue weighted by molar-refractivity contribution is 9.10. The number of piperidine rings is 1. The smallest absolute Gasteiger partial charge is 0.225 e. The van der Waals surface area contributed by atoms with E-state index in [1.165, 1.54) is 0 Å². The van der Waals surface area contributed by atoms with Crippen molar-refractivity contribution in [3.8, 4) is 11.3 Å². The summed E-state index contributed by atoms with van der Waals surface area (Å²) in [5, 5.41) is 0. The first-order valence-corrected chi connectivity index (χ1v) is 8.03. The van der Waals surface area contributed by atoms with Gasteiger partial charge in [0, 0.05) is 35.4 Å². The van der Waals surface area contributed by atoms with Gasteiger partial charge in [-0.25, -0.2) is 9.97 Å². The number of benzene rings is 1. The lowest BCUT2D eigenvalue weighted by molar-refractivity contribution is 0.495. The predicted octanol–water partition coefficient (Wildman–Crippen LogP) is 3.14. The zero-order valence-corrected chi connectivity index (χ0v) is 13.7. The monoisotopic (exact) mass is 346 g/mol. The van der Waals surface area contributed by atoms with Gasteiger partial charge in [0.1, 0.15) is 0 Å². The van der Waals surface area contributed by atoms with Crippen LogP contribution in [0.1, 0.15) is 18.4 Å². The van der Waals surface area contributed by atoms with E-state index in [0.717, 1.165) is 53.2 Å². The highest BCUT2D eigenvalue weighted by atomic mass is 79.9. The van der Waals surface area contributed by atoms with Gasteiger partial charge in [-0.15, -0.1) is 0 Å². The van der Waals surface area contributed by atoms with E-state index in [1.807, 2.05) is 25.3 Å². The standard InChI is InChI=1S/C16H19BrN4/c1-11-10-19-16(21-8-6-14(18)7-9-21)20-15(11)12-2-4-13(17)5-3-12/h2-5,10,14H,6-9,18H2,1H3. The highest BCUT2D eigenvalue weighted by Gasteiger charge is 2.19. The maximum absolute atomic E-state index is 5.96. The summed E-state index contributed by atoms with van der Waals surface area (Å²) in [6.07, 6.45) is 3.92. The van der Waals surface area contributed by atoms with Gasteiger partial charge in [0.25, 0.3) is 0 Å². The van der Waals surface area contributed by atoms with Crippen LogP contribution in [0.2, 0.25) is 0 Å². The molecule has 0 saturated carbocycles. The van der Waals surface area contributed by atoms with Gasteiger partial charge in [0.15, 0.2) is 0 Å². The highest BCUT2D eigenvalue weighted by Crippen LogP contribution is 2.25. The molecule has 0 bridgehead atoms. The van der Waals surface area contributed by atoms with Crippen molar-refractivity contribution in [3.05, 3.63) is 40.5 Å². The second kappa shape index (κ2) is 6.12. The van der Waals surface area contributed by atoms with Crippen molar-refractivity contribution in [3.63, 3.8) is 0 Å². The molecule has 1 fully saturated rings. The number of nitrogens with zero attached hydrogens (tertiary/aromatic N) is 3. The Hall–Kier alpha value is -1.46. The van der Waals surface area contributed by atoms with Crippen molar-refractivity contribution in [2.24, 2.45) is 5.73 Å². The van der Waals surface area contributed by atoms with Crippen LogP contribution < -0.4 is 10.6 Å². The van der Waals surface area contributed by atoms with Crippen molar-refractivity contribution in [2.45, 2.75) is 25.8 Å².